The van der Waals surface area contributed by atoms with Crippen LogP contribution in [0.4, 0.5) is 5.82 Å². The number of carbonyl (C=O) groups excluding carboxylic acids is 1. The Morgan fingerprint density at radius 1 is 1.33 bits per heavy atom. The fourth-order valence-corrected chi connectivity index (χ4v) is 1.72. The zero-order valence-electron chi connectivity index (χ0n) is 13.4. The first kappa shape index (κ1) is 17.4. The summed E-state index contributed by atoms with van der Waals surface area (Å²) in [5.41, 5.74) is 1.52. The van der Waals surface area contributed by atoms with Crippen molar-refractivity contribution in [3.05, 3.63) is 23.4 Å². The van der Waals surface area contributed by atoms with Crippen molar-refractivity contribution in [2.45, 2.75) is 13.3 Å². The van der Waals surface area contributed by atoms with Crippen LogP contribution in [0.5, 0.6) is 0 Å². The summed E-state index contributed by atoms with van der Waals surface area (Å²) in [4.78, 5) is 18.5. The van der Waals surface area contributed by atoms with Crippen LogP contribution >= 0.6 is 0 Å². The Morgan fingerprint density at radius 3 is 2.71 bits per heavy atom. The fraction of sp³-hybridized carbons (Fsp3) is 0.600. The third-order valence-corrected chi connectivity index (χ3v) is 2.97. The topological polar surface area (TPSA) is 66.5 Å². The Bertz CT molecular complexity index is 427. The van der Waals surface area contributed by atoms with Crippen LogP contribution in [-0.2, 0) is 11.2 Å². The van der Waals surface area contributed by atoms with Gasteiger partial charge in [0, 0.05) is 31.4 Å². The molecule has 2 N–H and O–H groups in total. The van der Waals surface area contributed by atoms with Crippen LogP contribution in [0.15, 0.2) is 12.1 Å². The van der Waals surface area contributed by atoms with Gasteiger partial charge in [0.2, 0.25) is 0 Å². The highest BCUT2D eigenvalue weighted by atomic mass is 16.5. The summed E-state index contributed by atoms with van der Waals surface area (Å²) >= 11 is 0. The van der Waals surface area contributed by atoms with Gasteiger partial charge in [-0.25, -0.2) is 4.98 Å². The first-order valence-corrected chi connectivity index (χ1v) is 7.26. The Hall–Kier alpha value is -1.66. The number of aryl methyl sites for hydroxylation is 1. The lowest BCUT2D eigenvalue weighted by atomic mass is 10.2. The molecule has 0 aliphatic carbocycles. The molecule has 0 atom stereocenters. The Kier molecular flexibility index (Phi) is 7.71. The van der Waals surface area contributed by atoms with E-state index in [4.69, 9.17) is 4.74 Å². The number of hydrogen-bond acceptors (Lipinski definition) is 5. The van der Waals surface area contributed by atoms with E-state index in [1.54, 1.807) is 13.1 Å². The predicted octanol–water partition coefficient (Wildman–Crippen LogP) is 0.994. The van der Waals surface area contributed by atoms with Gasteiger partial charge in [-0.2, -0.15) is 0 Å². The van der Waals surface area contributed by atoms with Crippen LogP contribution in [0.2, 0.25) is 0 Å². The van der Waals surface area contributed by atoms with E-state index in [2.05, 4.69) is 20.5 Å². The largest absolute Gasteiger partial charge is 0.378 e. The number of aromatic nitrogens is 1. The minimum Gasteiger partial charge on any atom is -0.378 e. The molecular weight excluding hydrogens is 268 g/mol. The highest BCUT2D eigenvalue weighted by Gasteiger charge is 2.08. The summed E-state index contributed by atoms with van der Waals surface area (Å²) in [7, 11) is 5.79. The zero-order valence-corrected chi connectivity index (χ0v) is 13.4. The monoisotopic (exact) mass is 294 g/mol. The number of ether oxygens (including phenoxy) is 1. The summed E-state index contributed by atoms with van der Waals surface area (Å²) in [6.45, 7) is 4.59. The molecule has 6 heteroatoms. The quantitative estimate of drug-likeness (QED) is 0.665. The number of carbonyl (C=O) groups is 1. The third kappa shape index (κ3) is 6.55. The van der Waals surface area contributed by atoms with Gasteiger partial charge in [-0.3, -0.25) is 4.79 Å². The lowest BCUT2D eigenvalue weighted by Gasteiger charge is -2.11. The molecule has 1 aromatic heterocycles. The summed E-state index contributed by atoms with van der Waals surface area (Å²) < 4.78 is 5.44. The van der Waals surface area contributed by atoms with Crippen molar-refractivity contribution >= 4 is 11.7 Å². The molecule has 0 aliphatic heterocycles. The molecule has 0 aromatic carbocycles. The Balaban J connectivity index is 2.41. The Labute approximate surface area is 126 Å². The van der Waals surface area contributed by atoms with E-state index in [9.17, 15) is 4.79 Å². The maximum Gasteiger partial charge on any atom is 0.251 e. The number of pyridine rings is 1. The normalized spacial score (nSPS) is 10.7. The fourth-order valence-electron chi connectivity index (χ4n) is 1.72. The van der Waals surface area contributed by atoms with Crippen LogP contribution in [0, 0.1) is 0 Å². The molecule has 1 heterocycles. The van der Waals surface area contributed by atoms with Gasteiger partial charge in [-0.15, -0.1) is 0 Å². The molecule has 0 saturated heterocycles. The molecule has 1 aromatic rings. The predicted molar refractivity (Wildman–Crippen MR) is 84.9 cm³/mol. The van der Waals surface area contributed by atoms with Crippen molar-refractivity contribution in [1.29, 1.82) is 0 Å². The summed E-state index contributed by atoms with van der Waals surface area (Å²) in [5, 5.41) is 5.83. The van der Waals surface area contributed by atoms with Crippen molar-refractivity contribution in [3.8, 4) is 0 Å². The maximum atomic E-state index is 12.1. The SMILES string of the molecule is CCc1cc(C(=O)NCCOCCN(C)C)cc(NC)n1. The van der Waals surface area contributed by atoms with Crippen LogP contribution in [-0.4, -0.2) is 63.2 Å². The molecule has 0 fully saturated rings. The van der Waals surface area contributed by atoms with Gasteiger partial charge in [0.15, 0.2) is 0 Å². The molecule has 0 spiro atoms. The van der Waals surface area contributed by atoms with Crippen molar-refractivity contribution in [2.75, 3.05) is 52.8 Å². The van der Waals surface area contributed by atoms with Crippen molar-refractivity contribution in [3.63, 3.8) is 0 Å². The molecule has 21 heavy (non-hydrogen) atoms. The molecule has 0 saturated carbocycles. The smallest absolute Gasteiger partial charge is 0.251 e. The van der Waals surface area contributed by atoms with Gasteiger partial charge in [-0.05, 0) is 32.6 Å². The lowest BCUT2D eigenvalue weighted by Crippen LogP contribution is -2.28. The van der Waals surface area contributed by atoms with Gasteiger partial charge in [0.05, 0.1) is 13.2 Å². The van der Waals surface area contributed by atoms with Gasteiger partial charge < -0.3 is 20.3 Å². The van der Waals surface area contributed by atoms with Crippen LogP contribution in [0.1, 0.15) is 23.0 Å². The van der Waals surface area contributed by atoms with E-state index in [1.165, 1.54) is 0 Å². The van der Waals surface area contributed by atoms with Gasteiger partial charge in [0.1, 0.15) is 5.82 Å². The lowest BCUT2D eigenvalue weighted by molar-refractivity contribution is 0.0900. The maximum absolute atomic E-state index is 12.1. The van der Waals surface area contributed by atoms with E-state index in [0.717, 1.165) is 18.7 Å². The summed E-state index contributed by atoms with van der Waals surface area (Å²) in [6, 6.07) is 3.57. The second-order valence-corrected chi connectivity index (χ2v) is 5.01. The zero-order chi connectivity index (χ0) is 15.7. The van der Waals surface area contributed by atoms with E-state index in [-0.39, 0.29) is 5.91 Å². The number of amides is 1. The van der Waals surface area contributed by atoms with E-state index < -0.39 is 0 Å². The number of nitrogens with one attached hydrogen (secondary N) is 2. The molecule has 0 unspecified atom stereocenters. The minimum atomic E-state index is -0.0974. The first-order valence-electron chi connectivity index (χ1n) is 7.26. The van der Waals surface area contributed by atoms with Crippen LogP contribution in [0.25, 0.3) is 0 Å². The van der Waals surface area contributed by atoms with E-state index in [1.807, 2.05) is 27.1 Å². The molecule has 1 rings (SSSR count). The summed E-state index contributed by atoms with van der Waals surface area (Å²) in [6.07, 6.45) is 0.795. The first-order chi connectivity index (χ1) is 10.1. The summed E-state index contributed by atoms with van der Waals surface area (Å²) in [5.74, 6) is 0.613. The molecule has 0 radical (unpaired) electrons. The van der Waals surface area contributed by atoms with Crippen molar-refractivity contribution in [2.24, 2.45) is 0 Å². The second-order valence-electron chi connectivity index (χ2n) is 5.01. The van der Waals surface area contributed by atoms with E-state index >= 15 is 0 Å². The van der Waals surface area contributed by atoms with Crippen LogP contribution < -0.4 is 10.6 Å². The minimum absolute atomic E-state index is 0.0974. The second kappa shape index (κ2) is 9.31. The molecule has 0 aliphatic rings. The molecule has 0 bridgehead atoms. The standard InChI is InChI=1S/C15H26N4O2/c1-5-13-10-12(11-14(16-2)18-13)15(20)17-6-8-21-9-7-19(3)4/h10-11H,5-9H2,1-4H3,(H,16,18)(H,17,20). The van der Waals surface area contributed by atoms with Gasteiger partial charge in [0.25, 0.3) is 5.91 Å². The van der Waals surface area contributed by atoms with E-state index in [0.29, 0.717) is 31.1 Å². The number of nitrogens with zero attached hydrogens (tertiary/aromatic N) is 2. The third-order valence-electron chi connectivity index (χ3n) is 2.97. The average Bonchev–Trinajstić information content (AvgIpc) is 2.49. The number of rotatable bonds is 9. The Morgan fingerprint density at radius 2 is 2.10 bits per heavy atom. The number of hydrogen-bond donors (Lipinski definition) is 2. The van der Waals surface area contributed by atoms with Gasteiger partial charge in [-0.1, -0.05) is 6.92 Å². The van der Waals surface area contributed by atoms with Crippen LogP contribution in [0.3, 0.4) is 0 Å². The number of anilines is 1. The van der Waals surface area contributed by atoms with Crippen molar-refractivity contribution < 1.29 is 9.53 Å². The average molecular weight is 294 g/mol. The highest BCUT2D eigenvalue weighted by Crippen LogP contribution is 2.10. The molecule has 1 amide bonds. The van der Waals surface area contributed by atoms with Gasteiger partial charge >= 0.3 is 0 Å². The molecular formula is C15H26N4O2. The van der Waals surface area contributed by atoms with Crippen molar-refractivity contribution in [1.82, 2.24) is 15.2 Å². The highest BCUT2D eigenvalue weighted by molar-refractivity contribution is 5.95. The molecule has 6 nitrogen and oxygen atoms in total. The molecule has 118 valence electrons. The number of likely N-dealkylation sites (N-methyl/N-ethyl adjacent to an activating group) is 1.